The Morgan fingerprint density at radius 3 is 2.76 bits per heavy atom. The maximum absolute atomic E-state index is 12.2. The molecule has 2 rings (SSSR count). The largest absolute Gasteiger partial charge is 0.385 e. The minimum absolute atomic E-state index is 0.119. The van der Waals surface area contributed by atoms with E-state index in [4.69, 9.17) is 5.73 Å². The summed E-state index contributed by atoms with van der Waals surface area (Å²) in [4.78, 5) is 11.1. The smallest absolute Gasteiger partial charge is 0.304 e. The van der Waals surface area contributed by atoms with Gasteiger partial charge in [0.2, 0.25) is 0 Å². The minimum Gasteiger partial charge on any atom is -0.385 e. The molecule has 3 N–H and O–H groups in total. The van der Waals surface area contributed by atoms with E-state index in [-0.39, 0.29) is 20.9 Å². The molecule has 0 bridgehead atoms. The van der Waals surface area contributed by atoms with Crippen molar-refractivity contribution in [2.24, 2.45) is 0 Å². The van der Waals surface area contributed by atoms with Crippen LogP contribution in [0.5, 0.6) is 0 Å². The van der Waals surface area contributed by atoms with Crippen LogP contribution in [0.15, 0.2) is 27.8 Å². The Bertz CT molecular complexity index is 737. The molecule has 7 nitrogen and oxygen atoms in total. The number of rotatable bonds is 6. The Kier molecular flexibility index (Phi) is 4.61. The molecule has 0 radical (unpaired) electrons. The minimum atomic E-state index is -3.81. The first-order chi connectivity index (χ1) is 9.79. The number of hydrogen-bond donors (Lipinski definition) is 2. The highest BCUT2D eigenvalue weighted by Crippen LogP contribution is 2.34. The maximum Gasteiger partial charge on any atom is 0.304 e. The highest BCUT2D eigenvalue weighted by molar-refractivity contribution is 7.91. The monoisotopic (exact) mass is 347 g/mol. The number of nitrogen functional groups attached to an aromatic ring is 1. The number of hydrogen-bond acceptors (Lipinski definition) is 7. The van der Waals surface area contributed by atoms with Crippen molar-refractivity contribution < 1.29 is 13.3 Å². The number of anilines is 1. The number of thiophene rings is 2. The second kappa shape index (κ2) is 6.10. The van der Waals surface area contributed by atoms with Crippen molar-refractivity contribution in [3.05, 3.63) is 38.6 Å². The van der Waals surface area contributed by atoms with E-state index in [1.807, 2.05) is 17.5 Å². The molecule has 0 saturated carbocycles. The van der Waals surface area contributed by atoms with Crippen molar-refractivity contribution in [3.8, 4) is 0 Å². The highest BCUT2D eigenvalue weighted by atomic mass is 32.2. The van der Waals surface area contributed by atoms with Crippen molar-refractivity contribution >= 4 is 43.4 Å². The van der Waals surface area contributed by atoms with Gasteiger partial charge >= 0.3 is 5.69 Å². The van der Waals surface area contributed by atoms with E-state index in [2.05, 4.69) is 4.72 Å². The van der Waals surface area contributed by atoms with Crippen LogP contribution in [-0.4, -0.2) is 19.4 Å². The lowest BCUT2D eigenvalue weighted by Gasteiger charge is -2.12. The molecular formula is C11H13N3O4S3. The van der Waals surface area contributed by atoms with Gasteiger partial charge in [0.1, 0.15) is 4.21 Å². The van der Waals surface area contributed by atoms with Crippen molar-refractivity contribution in [1.29, 1.82) is 0 Å². The first-order valence-electron chi connectivity index (χ1n) is 5.88. The van der Waals surface area contributed by atoms with Gasteiger partial charge in [0.25, 0.3) is 10.0 Å². The van der Waals surface area contributed by atoms with Gasteiger partial charge in [-0.3, -0.25) is 10.1 Å². The van der Waals surface area contributed by atoms with Gasteiger partial charge < -0.3 is 5.73 Å². The van der Waals surface area contributed by atoms with Crippen LogP contribution in [0.25, 0.3) is 0 Å². The summed E-state index contributed by atoms with van der Waals surface area (Å²) < 4.78 is 26.7. The third-order valence-corrected chi connectivity index (χ3v) is 6.54. The fourth-order valence-electron chi connectivity index (χ4n) is 1.74. The Labute approximate surface area is 129 Å². The Balaban J connectivity index is 2.14. The molecule has 114 valence electrons. The van der Waals surface area contributed by atoms with Crippen molar-refractivity contribution in [1.82, 2.24) is 4.72 Å². The summed E-state index contributed by atoms with van der Waals surface area (Å²) in [7, 11) is -3.81. The molecule has 0 aliphatic heterocycles. The molecule has 1 atom stereocenters. The Morgan fingerprint density at radius 2 is 2.24 bits per heavy atom. The van der Waals surface area contributed by atoms with E-state index >= 15 is 0 Å². The van der Waals surface area contributed by atoms with Gasteiger partial charge in [-0.25, -0.2) is 13.1 Å². The van der Waals surface area contributed by atoms with Crippen molar-refractivity contribution in [2.75, 3.05) is 5.73 Å². The summed E-state index contributed by atoms with van der Waals surface area (Å²) >= 11 is 2.23. The molecule has 2 aromatic heterocycles. The van der Waals surface area contributed by atoms with E-state index in [0.29, 0.717) is 17.8 Å². The van der Waals surface area contributed by atoms with Crippen LogP contribution in [0.2, 0.25) is 0 Å². The Hall–Kier alpha value is -1.49. The molecule has 0 spiro atoms. The van der Waals surface area contributed by atoms with E-state index in [1.54, 1.807) is 18.3 Å². The number of sulfonamides is 1. The van der Waals surface area contributed by atoms with Crippen LogP contribution in [0.4, 0.5) is 10.7 Å². The highest BCUT2D eigenvalue weighted by Gasteiger charge is 2.26. The molecule has 0 amide bonds. The van der Waals surface area contributed by atoms with Crippen LogP contribution in [0.1, 0.15) is 11.8 Å². The predicted octanol–water partition coefficient (Wildman–Crippen LogP) is 2.21. The molecule has 0 fully saturated rings. The maximum atomic E-state index is 12.2. The van der Waals surface area contributed by atoms with Gasteiger partial charge in [-0.05, 0) is 24.8 Å². The number of nitrogens with two attached hydrogens (primary N) is 1. The number of nitrogens with zero attached hydrogens (tertiary/aromatic N) is 1. The lowest BCUT2D eigenvalue weighted by atomic mass is 10.2. The zero-order valence-corrected chi connectivity index (χ0v) is 13.4. The fourth-order valence-corrected chi connectivity index (χ4v) is 5.05. The van der Waals surface area contributed by atoms with Crippen LogP contribution in [-0.2, 0) is 16.4 Å². The Morgan fingerprint density at radius 1 is 1.52 bits per heavy atom. The lowest BCUT2D eigenvalue weighted by Crippen LogP contribution is -2.33. The molecule has 21 heavy (non-hydrogen) atoms. The van der Waals surface area contributed by atoms with Crippen LogP contribution < -0.4 is 10.5 Å². The fraction of sp³-hybridized carbons (Fsp3) is 0.273. The van der Waals surface area contributed by atoms with Crippen LogP contribution in [0.3, 0.4) is 0 Å². The normalized spacial score (nSPS) is 13.2. The van der Waals surface area contributed by atoms with E-state index in [0.717, 1.165) is 10.9 Å². The molecular weight excluding hydrogens is 334 g/mol. The van der Waals surface area contributed by atoms with Gasteiger partial charge in [-0.15, -0.1) is 11.3 Å². The molecule has 0 aromatic carbocycles. The number of nitrogens with one attached hydrogen (secondary N) is 1. The van der Waals surface area contributed by atoms with Crippen molar-refractivity contribution in [2.45, 2.75) is 23.6 Å². The molecule has 2 heterocycles. The topological polar surface area (TPSA) is 115 Å². The van der Waals surface area contributed by atoms with Gasteiger partial charge in [0.15, 0.2) is 5.00 Å². The van der Waals surface area contributed by atoms with Gasteiger partial charge in [-0.1, -0.05) is 17.4 Å². The predicted molar refractivity (Wildman–Crippen MR) is 83.2 cm³/mol. The lowest BCUT2D eigenvalue weighted by molar-refractivity contribution is -0.383. The average Bonchev–Trinajstić information content (AvgIpc) is 2.97. The third-order valence-electron chi connectivity index (χ3n) is 2.62. The quantitative estimate of drug-likeness (QED) is 0.614. The summed E-state index contributed by atoms with van der Waals surface area (Å²) in [5, 5.41) is 12.5. The second-order valence-electron chi connectivity index (χ2n) is 4.38. The zero-order chi connectivity index (χ0) is 15.6. The second-order valence-corrected chi connectivity index (χ2v) is 8.43. The van der Waals surface area contributed by atoms with E-state index < -0.39 is 14.9 Å². The number of nitro groups is 1. The third kappa shape index (κ3) is 3.79. The van der Waals surface area contributed by atoms with E-state index in [1.165, 1.54) is 0 Å². The molecule has 1 unspecified atom stereocenters. The summed E-state index contributed by atoms with van der Waals surface area (Å²) in [6.45, 7) is 1.74. The van der Waals surface area contributed by atoms with Gasteiger partial charge in [0, 0.05) is 17.0 Å². The average molecular weight is 347 g/mol. The van der Waals surface area contributed by atoms with Gasteiger partial charge in [0.05, 0.1) is 4.92 Å². The molecule has 0 aliphatic rings. The van der Waals surface area contributed by atoms with Crippen LogP contribution in [0, 0.1) is 10.1 Å². The van der Waals surface area contributed by atoms with E-state index in [9.17, 15) is 18.5 Å². The van der Waals surface area contributed by atoms with Crippen molar-refractivity contribution in [3.63, 3.8) is 0 Å². The molecule has 2 aromatic rings. The summed E-state index contributed by atoms with van der Waals surface area (Å²) in [5.74, 6) is 0. The SMILES string of the molecule is CC(Cc1cccs1)NS(=O)(=O)c1cc([N+](=O)[O-])c(N)s1. The molecule has 0 aliphatic carbocycles. The molecule has 0 saturated heterocycles. The summed E-state index contributed by atoms with van der Waals surface area (Å²) in [6.07, 6.45) is 0.555. The first kappa shape index (κ1) is 15.9. The standard InChI is InChI=1S/C11H13N3O4S3/c1-7(5-8-3-2-4-19-8)13-21(17,18)10-6-9(14(15)16)11(12)20-10/h2-4,6-7,13H,5,12H2,1H3. The molecule has 10 heteroatoms. The summed E-state index contributed by atoms with van der Waals surface area (Å²) in [5.41, 5.74) is 5.08. The van der Waals surface area contributed by atoms with Gasteiger partial charge in [-0.2, -0.15) is 0 Å². The summed E-state index contributed by atoms with van der Waals surface area (Å²) in [6, 6.07) is 4.48. The first-order valence-corrected chi connectivity index (χ1v) is 9.06. The zero-order valence-electron chi connectivity index (χ0n) is 11.0. The van der Waals surface area contributed by atoms with Crippen LogP contribution >= 0.6 is 22.7 Å².